The number of hydrogen-bond acceptors (Lipinski definition) is 7. The molecule has 0 spiro atoms. The smallest absolute Gasteiger partial charge is 0.255 e. The summed E-state index contributed by atoms with van der Waals surface area (Å²) >= 11 is 1.48. The molecule has 1 aliphatic heterocycles. The van der Waals surface area contributed by atoms with E-state index in [0.717, 1.165) is 25.7 Å². The lowest BCUT2D eigenvalue weighted by atomic mass is 10.1. The lowest BCUT2D eigenvalue weighted by molar-refractivity contribution is -0.310. The zero-order chi connectivity index (χ0) is 20.0. The highest BCUT2D eigenvalue weighted by atomic mass is 32.2. The summed E-state index contributed by atoms with van der Waals surface area (Å²) in [4.78, 5) is 26.2. The maximum absolute atomic E-state index is 13.2. The van der Waals surface area contributed by atoms with Crippen LogP contribution in [-0.4, -0.2) is 55.3 Å². The zero-order valence-electron chi connectivity index (χ0n) is 16.1. The molecule has 1 fully saturated rings. The van der Waals surface area contributed by atoms with Crippen LogP contribution in [0.4, 0.5) is 0 Å². The van der Waals surface area contributed by atoms with Crippen molar-refractivity contribution in [2.75, 3.05) is 27.1 Å². The van der Waals surface area contributed by atoms with Gasteiger partial charge in [-0.25, -0.2) is 0 Å². The first-order valence-electron chi connectivity index (χ1n) is 8.93. The molecule has 150 valence electrons. The Morgan fingerprint density at radius 2 is 1.78 bits per heavy atom. The van der Waals surface area contributed by atoms with Gasteiger partial charge in [0.15, 0.2) is 11.5 Å². The van der Waals surface area contributed by atoms with Gasteiger partial charge in [-0.15, -0.1) is 11.8 Å². The Balaban J connectivity index is 2.37. The van der Waals surface area contributed by atoms with Gasteiger partial charge in [0.2, 0.25) is 5.75 Å². The lowest BCUT2D eigenvalue weighted by Gasteiger charge is -2.30. The SMILES string of the molecule is CCCCC[C@H]1SC[C@H](C(=O)[O-])N1C(=O)c1cc(OC)c(OC)c(OC)c1. The van der Waals surface area contributed by atoms with Gasteiger partial charge in [-0.2, -0.15) is 0 Å². The number of hydrogen-bond donors (Lipinski definition) is 0. The summed E-state index contributed by atoms with van der Waals surface area (Å²) in [5.74, 6) is -0.214. The molecule has 0 aliphatic carbocycles. The van der Waals surface area contributed by atoms with Gasteiger partial charge in [-0.05, 0) is 18.6 Å². The van der Waals surface area contributed by atoms with E-state index in [2.05, 4.69) is 6.92 Å². The van der Waals surface area contributed by atoms with Crippen molar-refractivity contribution in [1.82, 2.24) is 4.90 Å². The number of thioether (sulfide) groups is 1. The van der Waals surface area contributed by atoms with E-state index in [1.165, 1.54) is 38.0 Å². The minimum absolute atomic E-state index is 0.189. The molecule has 2 rings (SSSR count). The minimum atomic E-state index is -1.23. The Hall–Kier alpha value is -2.09. The highest BCUT2D eigenvalue weighted by Crippen LogP contribution is 2.40. The number of carbonyl (C=O) groups excluding carboxylic acids is 2. The molecule has 27 heavy (non-hydrogen) atoms. The standard InChI is InChI=1S/C19H27NO6S/c1-5-6-7-8-16-20(13(11-27-16)19(22)23)18(21)12-9-14(24-2)17(26-4)15(10-12)25-3/h9-10,13,16H,5-8,11H2,1-4H3,(H,22,23)/p-1/t13-,16-/m1/s1. The topological polar surface area (TPSA) is 88.1 Å². The first-order chi connectivity index (χ1) is 13.0. The van der Waals surface area contributed by atoms with Gasteiger partial charge in [0.05, 0.1) is 38.7 Å². The molecule has 1 aromatic carbocycles. The molecule has 0 saturated carbocycles. The molecule has 1 amide bonds. The molecule has 8 heteroatoms. The predicted octanol–water partition coefficient (Wildman–Crippen LogP) is 1.93. The Kier molecular flexibility index (Phi) is 7.65. The van der Waals surface area contributed by atoms with Crippen LogP contribution in [0.2, 0.25) is 0 Å². The van der Waals surface area contributed by atoms with Crippen LogP contribution >= 0.6 is 11.8 Å². The number of rotatable bonds is 9. The first kappa shape index (κ1) is 21.2. The molecule has 1 aromatic rings. The van der Waals surface area contributed by atoms with E-state index >= 15 is 0 Å². The van der Waals surface area contributed by atoms with Gasteiger partial charge in [0.1, 0.15) is 0 Å². The molecular weight excluding hydrogens is 370 g/mol. The fraction of sp³-hybridized carbons (Fsp3) is 0.579. The fourth-order valence-corrected chi connectivity index (χ4v) is 4.60. The molecule has 0 unspecified atom stereocenters. The number of benzene rings is 1. The number of nitrogens with zero attached hydrogens (tertiary/aromatic N) is 1. The Morgan fingerprint density at radius 1 is 1.15 bits per heavy atom. The zero-order valence-corrected chi connectivity index (χ0v) is 17.0. The van der Waals surface area contributed by atoms with Crippen LogP contribution in [0, 0.1) is 0 Å². The van der Waals surface area contributed by atoms with Crippen LogP contribution in [0.1, 0.15) is 43.0 Å². The van der Waals surface area contributed by atoms with Gasteiger partial charge in [-0.3, -0.25) is 4.79 Å². The highest BCUT2D eigenvalue weighted by Gasteiger charge is 2.38. The van der Waals surface area contributed by atoms with Crippen molar-refractivity contribution in [3.05, 3.63) is 17.7 Å². The number of ether oxygens (including phenoxy) is 3. The molecule has 1 heterocycles. The Morgan fingerprint density at radius 3 is 2.26 bits per heavy atom. The second kappa shape index (κ2) is 9.73. The average Bonchev–Trinajstić information content (AvgIpc) is 3.10. The third-order valence-corrected chi connectivity index (χ3v) is 5.92. The van der Waals surface area contributed by atoms with E-state index in [4.69, 9.17) is 14.2 Å². The van der Waals surface area contributed by atoms with E-state index in [1.807, 2.05) is 0 Å². The summed E-state index contributed by atoms with van der Waals surface area (Å²) in [6.07, 6.45) is 3.78. The number of aliphatic carboxylic acids is 1. The van der Waals surface area contributed by atoms with Crippen LogP contribution < -0.4 is 19.3 Å². The van der Waals surface area contributed by atoms with Crippen molar-refractivity contribution in [3.8, 4) is 17.2 Å². The summed E-state index contributed by atoms with van der Waals surface area (Å²) in [5.41, 5.74) is 0.291. The molecule has 0 N–H and O–H groups in total. The summed E-state index contributed by atoms with van der Waals surface area (Å²) < 4.78 is 15.9. The van der Waals surface area contributed by atoms with Gasteiger partial charge in [0.25, 0.3) is 5.91 Å². The van der Waals surface area contributed by atoms with Crippen molar-refractivity contribution in [3.63, 3.8) is 0 Å². The van der Waals surface area contributed by atoms with E-state index < -0.39 is 12.0 Å². The third-order valence-electron chi connectivity index (χ3n) is 4.57. The average molecular weight is 396 g/mol. The van der Waals surface area contributed by atoms with Crippen molar-refractivity contribution in [2.24, 2.45) is 0 Å². The quantitative estimate of drug-likeness (QED) is 0.589. The molecular formula is C19H26NO6S-. The molecule has 0 bridgehead atoms. The second-order valence-corrected chi connectivity index (χ2v) is 7.46. The van der Waals surface area contributed by atoms with E-state index in [9.17, 15) is 14.7 Å². The number of carboxylic acids is 1. The van der Waals surface area contributed by atoms with Gasteiger partial charge >= 0.3 is 0 Å². The van der Waals surface area contributed by atoms with Gasteiger partial charge in [-0.1, -0.05) is 26.2 Å². The fourth-order valence-electron chi connectivity index (χ4n) is 3.16. The molecule has 2 atom stereocenters. The number of unbranched alkanes of at least 4 members (excludes halogenated alkanes) is 2. The molecule has 7 nitrogen and oxygen atoms in total. The summed E-state index contributed by atoms with van der Waals surface area (Å²) in [5, 5.41) is 11.4. The van der Waals surface area contributed by atoms with Crippen LogP contribution in [-0.2, 0) is 4.79 Å². The number of methoxy groups -OCH3 is 3. The Bertz CT molecular complexity index is 655. The summed E-state index contributed by atoms with van der Waals surface area (Å²) in [7, 11) is 4.42. The van der Waals surface area contributed by atoms with Crippen LogP contribution in [0.3, 0.4) is 0 Å². The van der Waals surface area contributed by atoms with Crippen LogP contribution in [0.25, 0.3) is 0 Å². The van der Waals surface area contributed by atoms with Crippen LogP contribution in [0.5, 0.6) is 17.2 Å². The first-order valence-corrected chi connectivity index (χ1v) is 9.98. The number of carboxylic acid groups (broad SMARTS) is 1. The van der Waals surface area contributed by atoms with Crippen molar-refractivity contribution >= 4 is 23.6 Å². The number of amides is 1. The molecule has 0 aromatic heterocycles. The molecule has 0 radical (unpaired) electrons. The van der Waals surface area contributed by atoms with E-state index in [0.29, 0.717) is 28.6 Å². The predicted molar refractivity (Wildman–Crippen MR) is 101 cm³/mol. The molecule has 1 aliphatic rings. The van der Waals surface area contributed by atoms with Crippen LogP contribution in [0.15, 0.2) is 12.1 Å². The van der Waals surface area contributed by atoms with Crippen molar-refractivity contribution < 1.29 is 28.9 Å². The normalized spacial score (nSPS) is 19.0. The molecule has 1 saturated heterocycles. The Labute approximate surface area is 164 Å². The highest BCUT2D eigenvalue weighted by molar-refractivity contribution is 8.00. The van der Waals surface area contributed by atoms with E-state index in [1.54, 1.807) is 12.1 Å². The van der Waals surface area contributed by atoms with Gasteiger partial charge < -0.3 is 29.0 Å². The lowest BCUT2D eigenvalue weighted by Crippen LogP contribution is -2.50. The minimum Gasteiger partial charge on any atom is -0.548 e. The second-order valence-electron chi connectivity index (χ2n) is 6.25. The van der Waals surface area contributed by atoms with Crippen molar-refractivity contribution in [2.45, 2.75) is 44.0 Å². The summed E-state index contributed by atoms with van der Waals surface area (Å²) in [6.45, 7) is 2.10. The maximum atomic E-state index is 13.2. The summed E-state index contributed by atoms with van der Waals surface area (Å²) in [6, 6.07) is 2.14. The monoisotopic (exact) mass is 396 g/mol. The third kappa shape index (κ3) is 4.61. The van der Waals surface area contributed by atoms with Crippen molar-refractivity contribution in [1.29, 1.82) is 0 Å². The van der Waals surface area contributed by atoms with E-state index in [-0.39, 0.29) is 11.3 Å². The number of carbonyl (C=O) groups is 2. The van der Waals surface area contributed by atoms with Gasteiger partial charge in [0, 0.05) is 11.3 Å². The largest absolute Gasteiger partial charge is 0.548 e. The maximum Gasteiger partial charge on any atom is 0.255 e.